The SMILES string of the molecule is CN(C)c1nc(N)nc(N2CCCCC2C(N)=O)n1. The lowest BCUT2D eigenvalue weighted by Crippen LogP contribution is -2.48. The maximum atomic E-state index is 11.5. The molecule has 0 saturated carbocycles. The predicted molar refractivity (Wildman–Crippen MR) is 72.7 cm³/mol. The molecule has 1 amide bonds. The van der Waals surface area contributed by atoms with E-state index in [0.717, 1.165) is 19.3 Å². The Balaban J connectivity index is 2.35. The fraction of sp³-hybridized carbons (Fsp3) is 0.636. The second-order valence-corrected chi connectivity index (χ2v) is 4.80. The van der Waals surface area contributed by atoms with Crippen LogP contribution in [0.3, 0.4) is 0 Å². The van der Waals surface area contributed by atoms with Crippen LogP contribution in [-0.4, -0.2) is 47.5 Å². The first-order chi connectivity index (χ1) is 8.99. The Hall–Kier alpha value is -2.12. The molecule has 0 spiro atoms. The van der Waals surface area contributed by atoms with E-state index >= 15 is 0 Å². The van der Waals surface area contributed by atoms with Gasteiger partial charge in [-0.1, -0.05) is 0 Å². The standard InChI is InChI=1S/C11H19N7O/c1-17(2)10-14-9(13)15-11(16-10)18-6-4-3-5-7(18)8(12)19/h7H,3-6H2,1-2H3,(H2,12,19)(H2,13,14,15,16). The summed E-state index contributed by atoms with van der Waals surface area (Å²) in [5.41, 5.74) is 11.1. The molecule has 8 nitrogen and oxygen atoms in total. The number of amides is 1. The fourth-order valence-corrected chi connectivity index (χ4v) is 2.16. The van der Waals surface area contributed by atoms with Crippen LogP contribution in [0.2, 0.25) is 0 Å². The molecule has 19 heavy (non-hydrogen) atoms. The van der Waals surface area contributed by atoms with Crippen molar-refractivity contribution in [1.82, 2.24) is 15.0 Å². The molecule has 0 bridgehead atoms. The minimum absolute atomic E-state index is 0.141. The van der Waals surface area contributed by atoms with Crippen LogP contribution < -0.4 is 21.3 Å². The van der Waals surface area contributed by atoms with E-state index < -0.39 is 0 Å². The van der Waals surface area contributed by atoms with Crippen molar-refractivity contribution in [3.63, 3.8) is 0 Å². The van der Waals surface area contributed by atoms with Crippen molar-refractivity contribution in [2.75, 3.05) is 36.2 Å². The van der Waals surface area contributed by atoms with Gasteiger partial charge in [0.2, 0.25) is 23.8 Å². The summed E-state index contributed by atoms with van der Waals surface area (Å²) in [6.45, 7) is 0.698. The summed E-state index contributed by atoms with van der Waals surface area (Å²) in [6, 6.07) is -0.370. The number of piperidine rings is 1. The van der Waals surface area contributed by atoms with Crippen LogP contribution in [0.4, 0.5) is 17.8 Å². The molecule has 1 aliphatic heterocycles. The minimum atomic E-state index is -0.370. The molecular weight excluding hydrogens is 246 g/mol. The Bertz CT molecular complexity index is 476. The molecule has 4 N–H and O–H groups in total. The van der Waals surface area contributed by atoms with Gasteiger partial charge < -0.3 is 21.3 Å². The Kier molecular flexibility index (Phi) is 3.68. The van der Waals surface area contributed by atoms with Gasteiger partial charge in [-0.25, -0.2) is 0 Å². The number of nitrogen functional groups attached to an aromatic ring is 1. The molecule has 0 aliphatic carbocycles. The van der Waals surface area contributed by atoms with Gasteiger partial charge in [0.1, 0.15) is 6.04 Å². The highest BCUT2D eigenvalue weighted by Crippen LogP contribution is 2.23. The molecule has 0 aromatic carbocycles. The molecule has 1 atom stereocenters. The quantitative estimate of drug-likeness (QED) is 0.747. The molecule has 2 rings (SSSR count). The van der Waals surface area contributed by atoms with E-state index in [1.54, 1.807) is 4.90 Å². The summed E-state index contributed by atoms with van der Waals surface area (Å²) in [6.07, 6.45) is 2.68. The van der Waals surface area contributed by atoms with E-state index in [1.165, 1.54) is 0 Å². The number of aromatic nitrogens is 3. The van der Waals surface area contributed by atoms with Gasteiger partial charge in [-0.15, -0.1) is 0 Å². The predicted octanol–water partition coefficient (Wildman–Crippen LogP) is -0.636. The second-order valence-electron chi connectivity index (χ2n) is 4.80. The molecule has 1 saturated heterocycles. The van der Waals surface area contributed by atoms with Crippen LogP contribution in [0.5, 0.6) is 0 Å². The van der Waals surface area contributed by atoms with Gasteiger partial charge >= 0.3 is 0 Å². The van der Waals surface area contributed by atoms with E-state index in [9.17, 15) is 4.79 Å². The Morgan fingerprint density at radius 3 is 2.68 bits per heavy atom. The fourth-order valence-electron chi connectivity index (χ4n) is 2.16. The third-order valence-electron chi connectivity index (χ3n) is 3.12. The third kappa shape index (κ3) is 2.83. The number of anilines is 3. The van der Waals surface area contributed by atoms with Gasteiger partial charge in [0.15, 0.2) is 0 Å². The summed E-state index contributed by atoms with van der Waals surface area (Å²) in [4.78, 5) is 27.6. The first-order valence-electron chi connectivity index (χ1n) is 6.24. The van der Waals surface area contributed by atoms with Crippen molar-refractivity contribution >= 4 is 23.8 Å². The number of carbonyl (C=O) groups excluding carboxylic acids is 1. The highest BCUT2D eigenvalue weighted by Gasteiger charge is 2.29. The smallest absolute Gasteiger partial charge is 0.240 e. The molecule has 104 valence electrons. The van der Waals surface area contributed by atoms with E-state index in [1.807, 2.05) is 19.0 Å². The topological polar surface area (TPSA) is 114 Å². The van der Waals surface area contributed by atoms with Crippen molar-refractivity contribution in [3.8, 4) is 0 Å². The number of hydrogen-bond acceptors (Lipinski definition) is 7. The normalized spacial score (nSPS) is 19.3. The number of nitrogens with zero attached hydrogens (tertiary/aromatic N) is 5. The first-order valence-corrected chi connectivity index (χ1v) is 6.24. The second kappa shape index (κ2) is 5.25. The number of carbonyl (C=O) groups is 1. The molecule has 1 unspecified atom stereocenters. The van der Waals surface area contributed by atoms with Gasteiger partial charge in [0.25, 0.3) is 0 Å². The summed E-state index contributed by atoms with van der Waals surface area (Å²) < 4.78 is 0. The van der Waals surface area contributed by atoms with Gasteiger partial charge in [-0.2, -0.15) is 15.0 Å². The largest absolute Gasteiger partial charge is 0.368 e. The maximum Gasteiger partial charge on any atom is 0.240 e. The van der Waals surface area contributed by atoms with Crippen molar-refractivity contribution in [2.45, 2.75) is 25.3 Å². The maximum absolute atomic E-state index is 11.5. The lowest BCUT2D eigenvalue weighted by molar-refractivity contribution is -0.119. The van der Waals surface area contributed by atoms with Gasteiger partial charge in [-0.05, 0) is 19.3 Å². The first kappa shape index (κ1) is 13.3. The molecule has 1 aliphatic rings. The summed E-state index contributed by atoms with van der Waals surface area (Å²) in [5, 5.41) is 0. The monoisotopic (exact) mass is 265 g/mol. The van der Waals surface area contributed by atoms with Crippen LogP contribution >= 0.6 is 0 Å². The van der Waals surface area contributed by atoms with Gasteiger partial charge in [-0.3, -0.25) is 4.79 Å². The number of primary amides is 1. The Morgan fingerprint density at radius 1 is 1.32 bits per heavy atom. The summed E-state index contributed by atoms with van der Waals surface area (Å²) >= 11 is 0. The highest BCUT2D eigenvalue weighted by atomic mass is 16.1. The zero-order chi connectivity index (χ0) is 14.0. The minimum Gasteiger partial charge on any atom is -0.368 e. The van der Waals surface area contributed by atoms with Gasteiger partial charge in [0, 0.05) is 20.6 Å². The number of nitrogens with two attached hydrogens (primary N) is 2. The zero-order valence-corrected chi connectivity index (χ0v) is 11.2. The molecule has 0 radical (unpaired) electrons. The Labute approximate surface area is 111 Å². The van der Waals surface area contributed by atoms with Crippen molar-refractivity contribution in [2.24, 2.45) is 5.73 Å². The lowest BCUT2D eigenvalue weighted by atomic mass is 10.0. The van der Waals surface area contributed by atoms with E-state index in [2.05, 4.69) is 15.0 Å². The molecule has 2 heterocycles. The average Bonchev–Trinajstić information content (AvgIpc) is 2.37. The van der Waals surface area contributed by atoms with Crippen molar-refractivity contribution in [1.29, 1.82) is 0 Å². The highest BCUT2D eigenvalue weighted by molar-refractivity contribution is 5.83. The summed E-state index contributed by atoms with van der Waals surface area (Å²) in [5.74, 6) is 0.670. The molecule has 8 heteroatoms. The van der Waals surface area contributed by atoms with Crippen LogP contribution in [0, 0.1) is 0 Å². The third-order valence-corrected chi connectivity index (χ3v) is 3.12. The van der Waals surface area contributed by atoms with E-state index in [4.69, 9.17) is 11.5 Å². The van der Waals surface area contributed by atoms with Crippen LogP contribution in [0.15, 0.2) is 0 Å². The van der Waals surface area contributed by atoms with E-state index in [0.29, 0.717) is 18.4 Å². The lowest BCUT2D eigenvalue weighted by Gasteiger charge is -2.33. The van der Waals surface area contributed by atoms with Crippen LogP contribution in [0.1, 0.15) is 19.3 Å². The van der Waals surface area contributed by atoms with E-state index in [-0.39, 0.29) is 17.9 Å². The van der Waals surface area contributed by atoms with Crippen LogP contribution in [0.25, 0.3) is 0 Å². The molecule has 1 fully saturated rings. The molecular formula is C11H19N7O. The van der Waals surface area contributed by atoms with Crippen LogP contribution in [-0.2, 0) is 4.79 Å². The van der Waals surface area contributed by atoms with Gasteiger partial charge in [0.05, 0.1) is 0 Å². The van der Waals surface area contributed by atoms with Crippen molar-refractivity contribution in [3.05, 3.63) is 0 Å². The number of hydrogen-bond donors (Lipinski definition) is 2. The number of rotatable bonds is 3. The van der Waals surface area contributed by atoms with Crippen molar-refractivity contribution < 1.29 is 4.79 Å². The molecule has 1 aromatic rings. The Morgan fingerprint density at radius 2 is 2.05 bits per heavy atom. The average molecular weight is 265 g/mol. The summed E-state index contributed by atoms with van der Waals surface area (Å²) in [7, 11) is 3.64. The zero-order valence-electron chi connectivity index (χ0n) is 11.2. The molecule has 1 aromatic heterocycles.